The highest BCUT2D eigenvalue weighted by atomic mass is 19.1. The molecule has 3 rings (SSSR count). The van der Waals surface area contributed by atoms with E-state index >= 15 is 0 Å². The summed E-state index contributed by atoms with van der Waals surface area (Å²) in [6.07, 6.45) is 0. The van der Waals surface area contributed by atoms with Gasteiger partial charge in [0.05, 0.1) is 0 Å². The Kier molecular flexibility index (Phi) is 2.99. The van der Waals surface area contributed by atoms with Crippen LogP contribution in [-0.2, 0) is 6.54 Å². The summed E-state index contributed by atoms with van der Waals surface area (Å²) in [5, 5.41) is 3.18. The van der Waals surface area contributed by atoms with Crippen LogP contribution in [0.5, 0.6) is 11.5 Å². The van der Waals surface area contributed by atoms with E-state index in [-0.39, 0.29) is 12.6 Å². The zero-order valence-corrected chi connectivity index (χ0v) is 10.6. The maximum absolute atomic E-state index is 13.6. The van der Waals surface area contributed by atoms with Crippen molar-refractivity contribution in [3.63, 3.8) is 0 Å². The van der Waals surface area contributed by atoms with Crippen LogP contribution in [0.2, 0.25) is 0 Å². The minimum Gasteiger partial charge on any atom is -0.454 e. The van der Waals surface area contributed by atoms with Crippen LogP contribution < -0.4 is 14.8 Å². The molecule has 0 saturated heterocycles. The highest BCUT2D eigenvalue weighted by molar-refractivity contribution is 5.55. The average molecular weight is 259 g/mol. The van der Waals surface area contributed by atoms with Crippen molar-refractivity contribution in [1.82, 2.24) is 0 Å². The van der Waals surface area contributed by atoms with Crippen molar-refractivity contribution in [3.8, 4) is 11.5 Å². The first-order valence-corrected chi connectivity index (χ1v) is 6.11. The van der Waals surface area contributed by atoms with E-state index in [9.17, 15) is 4.39 Å². The van der Waals surface area contributed by atoms with E-state index in [4.69, 9.17) is 9.47 Å². The number of rotatable bonds is 3. The molecule has 98 valence electrons. The lowest BCUT2D eigenvalue weighted by atomic mass is 10.1. The summed E-state index contributed by atoms with van der Waals surface area (Å²) < 4.78 is 24.1. The molecule has 0 spiro atoms. The summed E-state index contributed by atoms with van der Waals surface area (Å²) >= 11 is 0. The van der Waals surface area contributed by atoms with Crippen molar-refractivity contribution in [2.24, 2.45) is 0 Å². The standard InChI is InChI=1S/C15H14FNO2/c1-10-2-4-13(16)11(6-10)8-17-12-3-5-14-15(7-12)19-9-18-14/h2-7,17H,8-9H2,1H3. The van der Waals surface area contributed by atoms with E-state index in [1.54, 1.807) is 6.07 Å². The summed E-state index contributed by atoms with van der Waals surface area (Å²) in [7, 11) is 0. The number of nitrogens with one attached hydrogen (secondary N) is 1. The number of hydrogen-bond acceptors (Lipinski definition) is 3. The summed E-state index contributed by atoms with van der Waals surface area (Å²) in [6.45, 7) is 2.64. The normalized spacial score (nSPS) is 12.5. The molecule has 0 aliphatic carbocycles. The predicted octanol–water partition coefficient (Wildman–Crippen LogP) is 3.47. The molecule has 0 saturated carbocycles. The minimum absolute atomic E-state index is 0.196. The van der Waals surface area contributed by atoms with Crippen LogP contribution in [0.1, 0.15) is 11.1 Å². The lowest BCUT2D eigenvalue weighted by Gasteiger charge is -2.09. The molecule has 0 aromatic heterocycles. The van der Waals surface area contributed by atoms with Gasteiger partial charge in [0.2, 0.25) is 6.79 Å². The third kappa shape index (κ3) is 2.47. The second kappa shape index (κ2) is 4.80. The Labute approximate surface area is 111 Å². The first-order valence-electron chi connectivity index (χ1n) is 6.11. The maximum atomic E-state index is 13.6. The van der Waals surface area contributed by atoms with Crippen molar-refractivity contribution in [2.75, 3.05) is 12.1 Å². The Morgan fingerprint density at radius 1 is 1.11 bits per heavy atom. The monoisotopic (exact) mass is 259 g/mol. The molecule has 0 radical (unpaired) electrons. The largest absolute Gasteiger partial charge is 0.454 e. The van der Waals surface area contributed by atoms with E-state index in [0.29, 0.717) is 12.1 Å². The Hall–Kier alpha value is -2.23. The molecule has 0 fully saturated rings. The van der Waals surface area contributed by atoms with Crippen molar-refractivity contribution >= 4 is 5.69 Å². The Morgan fingerprint density at radius 3 is 2.84 bits per heavy atom. The van der Waals surface area contributed by atoms with Gasteiger partial charge in [-0.15, -0.1) is 0 Å². The number of aryl methyl sites for hydroxylation is 1. The van der Waals surface area contributed by atoms with Crippen LogP contribution >= 0.6 is 0 Å². The van der Waals surface area contributed by atoms with Gasteiger partial charge in [-0.1, -0.05) is 17.7 Å². The van der Waals surface area contributed by atoms with Gasteiger partial charge in [-0.3, -0.25) is 0 Å². The Balaban J connectivity index is 1.74. The molecule has 3 nitrogen and oxygen atoms in total. The van der Waals surface area contributed by atoms with Gasteiger partial charge in [0.15, 0.2) is 11.5 Å². The molecule has 1 aliphatic heterocycles. The molecule has 0 amide bonds. The number of hydrogen-bond donors (Lipinski definition) is 1. The third-order valence-corrected chi connectivity index (χ3v) is 3.06. The van der Waals surface area contributed by atoms with Crippen LogP contribution in [0.3, 0.4) is 0 Å². The zero-order valence-electron chi connectivity index (χ0n) is 10.6. The molecule has 1 N–H and O–H groups in total. The van der Waals surface area contributed by atoms with Crippen LogP contribution in [0.15, 0.2) is 36.4 Å². The van der Waals surface area contributed by atoms with Crippen LogP contribution in [-0.4, -0.2) is 6.79 Å². The van der Waals surface area contributed by atoms with E-state index in [2.05, 4.69) is 5.32 Å². The quantitative estimate of drug-likeness (QED) is 0.915. The second-order valence-corrected chi connectivity index (χ2v) is 4.52. The van der Waals surface area contributed by atoms with Crippen LogP contribution in [0, 0.1) is 12.7 Å². The molecule has 4 heteroatoms. The van der Waals surface area contributed by atoms with Gasteiger partial charge < -0.3 is 14.8 Å². The van der Waals surface area contributed by atoms with Crippen molar-refractivity contribution in [3.05, 3.63) is 53.3 Å². The Morgan fingerprint density at radius 2 is 1.95 bits per heavy atom. The number of fused-ring (bicyclic) bond motifs is 1. The van der Waals surface area contributed by atoms with E-state index in [1.807, 2.05) is 31.2 Å². The molecule has 0 bridgehead atoms. The van der Waals surface area contributed by atoms with E-state index in [0.717, 1.165) is 22.7 Å². The molecule has 0 atom stereocenters. The van der Waals surface area contributed by atoms with Crippen LogP contribution in [0.4, 0.5) is 10.1 Å². The number of ether oxygens (including phenoxy) is 2. The fraction of sp³-hybridized carbons (Fsp3) is 0.200. The molecular formula is C15H14FNO2. The summed E-state index contributed by atoms with van der Waals surface area (Å²) in [4.78, 5) is 0. The maximum Gasteiger partial charge on any atom is 0.231 e. The van der Waals surface area contributed by atoms with Crippen molar-refractivity contribution in [2.45, 2.75) is 13.5 Å². The highest BCUT2D eigenvalue weighted by Crippen LogP contribution is 2.34. The number of anilines is 1. The summed E-state index contributed by atoms with van der Waals surface area (Å²) in [5.74, 6) is 1.26. The van der Waals surface area contributed by atoms with E-state index in [1.165, 1.54) is 6.07 Å². The molecule has 1 heterocycles. The van der Waals surface area contributed by atoms with Gasteiger partial charge in [0, 0.05) is 23.9 Å². The molecule has 1 aliphatic rings. The lowest BCUT2D eigenvalue weighted by molar-refractivity contribution is 0.174. The second-order valence-electron chi connectivity index (χ2n) is 4.52. The molecule has 19 heavy (non-hydrogen) atoms. The van der Waals surface area contributed by atoms with Crippen molar-refractivity contribution in [1.29, 1.82) is 0 Å². The Bertz CT molecular complexity index is 613. The first-order chi connectivity index (χ1) is 9.22. The molecule has 2 aromatic rings. The number of benzene rings is 2. The van der Waals surface area contributed by atoms with E-state index < -0.39 is 0 Å². The summed E-state index contributed by atoms with van der Waals surface area (Å²) in [5.41, 5.74) is 2.58. The van der Waals surface area contributed by atoms with Gasteiger partial charge >= 0.3 is 0 Å². The number of halogens is 1. The molecular weight excluding hydrogens is 245 g/mol. The third-order valence-electron chi connectivity index (χ3n) is 3.06. The lowest BCUT2D eigenvalue weighted by Crippen LogP contribution is -2.02. The van der Waals surface area contributed by atoms with Gasteiger partial charge in [-0.2, -0.15) is 0 Å². The van der Waals surface area contributed by atoms with Gasteiger partial charge in [0.25, 0.3) is 0 Å². The van der Waals surface area contributed by atoms with Crippen molar-refractivity contribution < 1.29 is 13.9 Å². The highest BCUT2D eigenvalue weighted by Gasteiger charge is 2.13. The minimum atomic E-state index is -0.196. The smallest absolute Gasteiger partial charge is 0.231 e. The van der Waals surface area contributed by atoms with Crippen LogP contribution in [0.25, 0.3) is 0 Å². The topological polar surface area (TPSA) is 30.5 Å². The summed E-state index contributed by atoms with van der Waals surface area (Å²) in [6, 6.07) is 10.7. The van der Waals surface area contributed by atoms with Gasteiger partial charge in [-0.05, 0) is 25.1 Å². The van der Waals surface area contributed by atoms with Gasteiger partial charge in [0.1, 0.15) is 5.82 Å². The molecule has 2 aromatic carbocycles. The first kappa shape index (κ1) is 11.8. The zero-order chi connectivity index (χ0) is 13.2. The fourth-order valence-corrected chi connectivity index (χ4v) is 2.04. The molecule has 0 unspecified atom stereocenters. The predicted molar refractivity (Wildman–Crippen MR) is 71.0 cm³/mol. The average Bonchev–Trinajstić information content (AvgIpc) is 2.87. The van der Waals surface area contributed by atoms with Gasteiger partial charge in [-0.25, -0.2) is 4.39 Å². The SMILES string of the molecule is Cc1ccc(F)c(CNc2ccc3c(c2)OCO3)c1. The fourth-order valence-electron chi connectivity index (χ4n) is 2.04.